The number of nitrogens with one attached hydrogen (secondary N) is 2. The van der Waals surface area contributed by atoms with E-state index in [9.17, 15) is 24.3 Å². The molecule has 0 bridgehead atoms. The first-order valence-corrected chi connectivity index (χ1v) is 10.2. The van der Waals surface area contributed by atoms with Crippen LogP contribution in [0.3, 0.4) is 0 Å². The largest absolute Gasteiger partial charge is 0.465 e. The summed E-state index contributed by atoms with van der Waals surface area (Å²) in [5.41, 5.74) is 0.0740. The molecule has 0 radical (unpaired) electrons. The summed E-state index contributed by atoms with van der Waals surface area (Å²) >= 11 is 0. The summed E-state index contributed by atoms with van der Waals surface area (Å²) in [4.78, 5) is 55.7. The van der Waals surface area contributed by atoms with E-state index in [-0.39, 0.29) is 42.8 Å². The van der Waals surface area contributed by atoms with Crippen LogP contribution in [0.25, 0.3) is 0 Å². The van der Waals surface area contributed by atoms with E-state index >= 15 is 0 Å². The van der Waals surface area contributed by atoms with Gasteiger partial charge < -0.3 is 25.2 Å². The van der Waals surface area contributed by atoms with Crippen molar-refractivity contribution in [2.45, 2.75) is 39.9 Å². The van der Waals surface area contributed by atoms with Gasteiger partial charge in [-0.05, 0) is 5.41 Å². The number of carbonyl (C=O) groups excluding carboxylic acids is 3. The fourth-order valence-electron chi connectivity index (χ4n) is 3.62. The van der Waals surface area contributed by atoms with E-state index in [2.05, 4.69) is 15.6 Å². The number of benzene rings is 1. The van der Waals surface area contributed by atoms with Crippen LogP contribution < -0.4 is 10.6 Å². The molecule has 0 fully saturated rings. The molecule has 1 atom stereocenters. The molecule has 3 amide bonds. The van der Waals surface area contributed by atoms with Gasteiger partial charge in [-0.15, -0.1) is 0 Å². The Labute approximate surface area is 185 Å². The molecule has 1 unspecified atom stereocenters. The van der Waals surface area contributed by atoms with E-state index < -0.39 is 23.5 Å². The average Bonchev–Trinajstić information content (AvgIpc) is 3.15. The van der Waals surface area contributed by atoms with Crippen molar-refractivity contribution in [1.29, 1.82) is 0 Å². The Morgan fingerprint density at radius 1 is 1.09 bits per heavy atom. The highest BCUT2D eigenvalue weighted by atomic mass is 16.4. The Hall–Kier alpha value is -3.69. The second-order valence-corrected chi connectivity index (χ2v) is 8.67. The topological polar surface area (TPSA) is 134 Å². The van der Waals surface area contributed by atoms with Crippen molar-refractivity contribution in [2.75, 3.05) is 13.6 Å². The van der Waals surface area contributed by atoms with Crippen molar-refractivity contribution < 1.29 is 24.3 Å². The predicted molar refractivity (Wildman–Crippen MR) is 115 cm³/mol. The van der Waals surface area contributed by atoms with Crippen LogP contribution in [-0.4, -0.2) is 62.9 Å². The lowest BCUT2D eigenvalue weighted by Crippen LogP contribution is -2.53. The van der Waals surface area contributed by atoms with Crippen LogP contribution in [0, 0.1) is 5.41 Å². The Morgan fingerprint density at radius 2 is 1.75 bits per heavy atom. The standard InChI is InChI=1S/C22H27N5O5/c1-22(2,3)17(20(30)23-4)25-19(29)15-14-12-26(21(31)32)10-11-27(14)18(24-15)16(28)13-8-6-5-7-9-13/h5-9,17H,10-12H2,1-4H3,(H,23,30)(H,25,29)(H,31,32). The van der Waals surface area contributed by atoms with E-state index in [1.54, 1.807) is 34.9 Å². The highest BCUT2D eigenvalue weighted by molar-refractivity contribution is 6.08. The van der Waals surface area contributed by atoms with Gasteiger partial charge in [0, 0.05) is 25.7 Å². The molecule has 1 aliphatic heterocycles. The smallest absolute Gasteiger partial charge is 0.407 e. The maximum Gasteiger partial charge on any atom is 0.407 e. The number of hydrogen-bond acceptors (Lipinski definition) is 5. The van der Waals surface area contributed by atoms with Gasteiger partial charge in [-0.1, -0.05) is 51.1 Å². The van der Waals surface area contributed by atoms with E-state index in [0.29, 0.717) is 11.3 Å². The zero-order valence-corrected chi connectivity index (χ0v) is 18.5. The van der Waals surface area contributed by atoms with Crippen molar-refractivity contribution in [3.8, 4) is 0 Å². The molecule has 0 aliphatic carbocycles. The van der Waals surface area contributed by atoms with Gasteiger partial charge in [0.2, 0.25) is 11.7 Å². The summed E-state index contributed by atoms with van der Waals surface area (Å²) in [6.45, 7) is 5.70. The molecule has 10 heteroatoms. The Morgan fingerprint density at radius 3 is 2.31 bits per heavy atom. The first kappa shape index (κ1) is 23.0. The lowest BCUT2D eigenvalue weighted by Gasteiger charge is -2.30. The van der Waals surface area contributed by atoms with Gasteiger partial charge >= 0.3 is 6.09 Å². The van der Waals surface area contributed by atoms with Gasteiger partial charge in [0.25, 0.3) is 5.91 Å². The molecule has 3 N–H and O–H groups in total. The maximum absolute atomic E-state index is 13.2. The van der Waals surface area contributed by atoms with Crippen LogP contribution in [0.1, 0.15) is 53.1 Å². The minimum Gasteiger partial charge on any atom is -0.465 e. The highest BCUT2D eigenvalue weighted by Crippen LogP contribution is 2.24. The number of hydrogen-bond donors (Lipinski definition) is 3. The van der Waals surface area contributed by atoms with E-state index in [0.717, 1.165) is 4.90 Å². The second kappa shape index (κ2) is 8.81. The van der Waals surface area contributed by atoms with Crippen molar-refractivity contribution in [3.05, 3.63) is 53.1 Å². The molecule has 2 aromatic rings. The SMILES string of the molecule is CNC(=O)C(NC(=O)c1nc(C(=O)c2ccccc2)n2c1CN(C(=O)O)CC2)C(C)(C)C. The molecule has 170 valence electrons. The summed E-state index contributed by atoms with van der Waals surface area (Å²) < 4.78 is 1.59. The third-order valence-corrected chi connectivity index (χ3v) is 5.38. The average molecular weight is 441 g/mol. The third-order valence-electron chi connectivity index (χ3n) is 5.38. The first-order chi connectivity index (χ1) is 15.0. The quantitative estimate of drug-likeness (QED) is 0.602. The van der Waals surface area contributed by atoms with Crippen LogP contribution in [0.2, 0.25) is 0 Å². The van der Waals surface area contributed by atoms with Gasteiger partial charge in [-0.2, -0.15) is 0 Å². The fraction of sp³-hybridized carbons (Fsp3) is 0.409. The van der Waals surface area contributed by atoms with Gasteiger partial charge in [0.1, 0.15) is 6.04 Å². The molecular weight excluding hydrogens is 414 g/mol. The van der Waals surface area contributed by atoms with Gasteiger partial charge in [-0.25, -0.2) is 9.78 Å². The molecule has 1 aromatic heterocycles. The molecule has 1 aromatic carbocycles. The van der Waals surface area contributed by atoms with Crippen molar-refractivity contribution in [1.82, 2.24) is 25.1 Å². The zero-order chi connectivity index (χ0) is 23.6. The molecule has 0 saturated heterocycles. The van der Waals surface area contributed by atoms with E-state index in [1.807, 2.05) is 20.8 Å². The molecule has 32 heavy (non-hydrogen) atoms. The van der Waals surface area contributed by atoms with E-state index in [4.69, 9.17) is 0 Å². The van der Waals surface area contributed by atoms with Crippen LogP contribution in [-0.2, 0) is 17.9 Å². The highest BCUT2D eigenvalue weighted by Gasteiger charge is 2.36. The maximum atomic E-state index is 13.2. The number of carboxylic acid groups (broad SMARTS) is 1. The minimum absolute atomic E-state index is 0.0617. The summed E-state index contributed by atoms with van der Waals surface area (Å²) in [7, 11) is 1.48. The number of imidazole rings is 1. The zero-order valence-electron chi connectivity index (χ0n) is 18.5. The number of nitrogens with zero attached hydrogens (tertiary/aromatic N) is 3. The van der Waals surface area contributed by atoms with Crippen LogP contribution >= 0.6 is 0 Å². The van der Waals surface area contributed by atoms with Crippen LogP contribution in [0.5, 0.6) is 0 Å². The monoisotopic (exact) mass is 441 g/mol. The third kappa shape index (κ3) is 4.48. The number of likely N-dealkylation sites (N-methyl/N-ethyl adjacent to an activating group) is 1. The summed E-state index contributed by atoms with van der Waals surface area (Å²) in [6, 6.07) is 7.68. The second-order valence-electron chi connectivity index (χ2n) is 8.67. The van der Waals surface area contributed by atoms with Crippen LogP contribution in [0.15, 0.2) is 30.3 Å². The van der Waals surface area contributed by atoms with Crippen molar-refractivity contribution in [3.63, 3.8) is 0 Å². The Kier molecular flexibility index (Phi) is 6.33. The number of carbonyl (C=O) groups is 4. The number of aromatic nitrogens is 2. The number of ketones is 1. The van der Waals surface area contributed by atoms with Crippen LogP contribution in [0.4, 0.5) is 4.79 Å². The number of rotatable bonds is 5. The first-order valence-electron chi connectivity index (χ1n) is 10.2. The number of amides is 3. The molecule has 2 heterocycles. The lowest BCUT2D eigenvalue weighted by atomic mass is 9.86. The normalized spacial score (nSPS) is 14.3. The number of fused-ring (bicyclic) bond motifs is 1. The molecule has 0 saturated carbocycles. The molecule has 1 aliphatic rings. The Bertz CT molecular complexity index is 1050. The van der Waals surface area contributed by atoms with Gasteiger partial charge in [0.05, 0.1) is 12.2 Å². The molecule has 3 rings (SSSR count). The lowest BCUT2D eigenvalue weighted by molar-refractivity contribution is -0.124. The van der Waals surface area contributed by atoms with E-state index in [1.165, 1.54) is 7.05 Å². The Balaban J connectivity index is 2.04. The van der Waals surface area contributed by atoms with Crippen molar-refractivity contribution in [2.24, 2.45) is 5.41 Å². The molecule has 0 spiro atoms. The van der Waals surface area contributed by atoms with Gasteiger partial charge in [0.15, 0.2) is 11.5 Å². The molecular formula is C22H27N5O5. The summed E-state index contributed by atoms with van der Waals surface area (Å²) in [5, 5.41) is 14.7. The fourth-order valence-corrected chi connectivity index (χ4v) is 3.62. The van der Waals surface area contributed by atoms with Gasteiger partial charge in [-0.3, -0.25) is 14.4 Å². The predicted octanol–water partition coefficient (Wildman–Crippen LogP) is 1.50. The minimum atomic E-state index is -1.13. The van der Waals surface area contributed by atoms with Crippen molar-refractivity contribution >= 4 is 23.7 Å². The summed E-state index contributed by atoms with van der Waals surface area (Å²) in [5.74, 6) is -1.31. The molecule has 10 nitrogen and oxygen atoms in total. The summed E-state index contributed by atoms with van der Waals surface area (Å²) in [6.07, 6.45) is -1.13.